The summed E-state index contributed by atoms with van der Waals surface area (Å²) in [4.78, 5) is 0. The highest BCUT2D eigenvalue weighted by atomic mass is 16.3. The fourth-order valence-corrected chi connectivity index (χ4v) is 6.30. The first-order valence-corrected chi connectivity index (χ1v) is 8.81. The molecule has 116 valence electrons. The monoisotopic (exact) mass is 287 g/mol. The molecule has 2 fully saturated rings. The minimum Gasteiger partial charge on any atom is -0.512 e. The van der Waals surface area contributed by atoms with E-state index in [1.165, 1.54) is 25.7 Å². The zero-order valence-electron chi connectivity index (χ0n) is 13.4. The molecule has 0 aliphatic heterocycles. The molecule has 0 heterocycles. The molecular formula is C19H29NO. The summed E-state index contributed by atoms with van der Waals surface area (Å²) in [6, 6.07) is 0.288. The van der Waals surface area contributed by atoms with Gasteiger partial charge in [-0.05, 0) is 74.2 Å². The Morgan fingerprint density at radius 2 is 1.86 bits per heavy atom. The molecule has 21 heavy (non-hydrogen) atoms. The summed E-state index contributed by atoms with van der Waals surface area (Å²) < 4.78 is 0. The molecule has 0 saturated heterocycles. The SMILES string of the molecule is C[C@]12CC[C@H](N)C=C1CC[C@@H]1[C@@H]2CC[C@]2(C)C(O)=CC[C@@H]12. The van der Waals surface area contributed by atoms with Gasteiger partial charge < -0.3 is 10.8 Å². The van der Waals surface area contributed by atoms with E-state index in [0.717, 1.165) is 31.1 Å². The molecule has 0 amide bonds. The lowest BCUT2D eigenvalue weighted by atomic mass is 9.47. The Morgan fingerprint density at radius 1 is 1.10 bits per heavy atom. The standard InChI is InChI=1S/C19H29NO/c1-18-9-7-13(20)11-12(18)3-4-14-15-5-6-17(21)19(15,2)10-8-16(14)18/h6,11,13-16,21H,3-5,7-10,20H2,1-2H3/t13-,14-,15-,16-,18-,19-/m0/s1. The summed E-state index contributed by atoms with van der Waals surface area (Å²) in [6.45, 7) is 4.81. The molecule has 2 nitrogen and oxygen atoms in total. The van der Waals surface area contributed by atoms with Crippen molar-refractivity contribution in [2.24, 2.45) is 34.3 Å². The average Bonchev–Trinajstić information content (AvgIpc) is 2.76. The lowest BCUT2D eigenvalue weighted by Gasteiger charge is -2.57. The molecule has 0 aromatic rings. The third-order valence-electron chi connectivity index (χ3n) is 7.69. The van der Waals surface area contributed by atoms with Crippen LogP contribution in [0.1, 0.15) is 58.8 Å². The molecule has 0 radical (unpaired) electrons. The maximum atomic E-state index is 10.3. The largest absolute Gasteiger partial charge is 0.512 e. The van der Waals surface area contributed by atoms with Gasteiger partial charge in [-0.25, -0.2) is 0 Å². The summed E-state index contributed by atoms with van der Waals surface area (Å²) in [7, 11) is 0. The van der Waals surface area contributed by atoms with Crippen molar-refractivity contribution in [2.45, 2.75) is 64.8 Å². The van der Waals surface area contributed by atoms with Crippen LogP contribution in [0.25, 0.3) is 0 Å². The Hall–Kier alpha value is -0.760. The second-order valence-corrected chi connectivity index (χ2v) is 8.51. The van der Waals surface area contributed by atoms with E-state index in [2.05, 4.69) is 26.0 Å². The van der Waals surface area contributed by atoms with E-state index in [9.17, 15) is 5.11 Å². The maximum Gasteiger partial charge on any atom is 0.0944 e. The lowest BCUT2D eigenvalue weighted by Crippen LogP contribution is -2.50. The quantitative estimate of drug-likeness (QED) is 0.651. The van der Waals surface area contributed by atoms with Crippen LogP contribution in [0.4, 0.5) is 0 Å². The normalized spacial score (nSPS) is 52.3. The molecule has 0 aromatic carbocycles. The maximum absolute atomic E-state index is 10.3. The highest BCUT2D eigenvalue weighted by Gasteiger charge is 2.57. The van der Waals surface area contributed by atoms with Gasteiger partial charge in [-0.2, -0.15) is 0 Å². The van der Waals surface area contributed by atoms with Crippen molar-refractivity contribution >= 4 is 0 Å². The van der Waals surface area contributed by atoms with Gasteiger partial charge in [-0.15, -0.1) is 0 Å². The Labute approximate surface area is 128 Å². The molecular weight excluding hydrogens is 258 g/mol. The van der Waals surface area contributed by atoms with Crippen LogP contribution in [0.2, 0.25) is 0 Å². The first-order valence-electron chi connectivity index (χ1n) is 8.81. The summed E-state index contributed by atoms with van der Waals surface area (Å²) in [6.07, 6.45) is 13.0. The van der Waals surface area contributed by atoms with E-state index < -0.39 is 0 Å². The molecule has 3 N–H and O–H groups in total. The number of hydrogen-bond acceptors (Lipinski definition) is 2. The molecule has 2 saturated carbocycles. The van der Waals surface area contributed by atoms with Crippen molar-refractivity contribution in [3.8, 4) is 0 Å². The Balaban J connectivity index is 1.68. The van der Waals surface area contributed by atoms with Crippen LogP contribution in [0, 0.1) is 28.6 Å². The van der Waals surface area contributed by atoms with Gasteiger partial charge in [0.25, 0.3) is 0 Å². The molecule has 4 aliphatic carbocycles. The van der Waals surface area contributed by atoms with Crippen molar-refractivity contribution in [2.75, 3.05) is 0 Å². The van der Waals surface area contributed by atoms with E-state index >= 15 is 0 Å². The molecule has 2 heteroatoms. The van der Waals surface area contributed by atoms with Gasteiger partial charge in [0, 0.05) is 11.5 Å². The van der Waals surface area contributed by atoms with E-state index in [-0.39, 0.29) is 11.5 Å². The topological polar surface area (TPSA) is 46.2 Å². The molecule has 6 atom stereocenters. The summed E-state index contributed by atoms with van der Waals surface area (Å²) in [5.74, 6) is 2.96. The number of aliphatic hydroxyl groups excluding tert-OH is 1. The van der Waals surface area contributed by atoms with Gasteiger partial charge in [-0.3, -0.25) is 0 Å². The second kappa shape index (κ2) is 4.38. The number of nitrogens with two attached hydrogens (primary N) is 1. The predicted molar refractivity (Wildman–Crippen MR) is 85.8 cm³/mol. The van der Waals surface area contributed by atoms with Gasteiger partial charge >= 0.3 is 0 Å². The molecule has 4 aliphatic rings. The van der Waals surface area contributed by atoms with E-state index in [1.54, 1.807) is 5.57 Å². The Kier molecular flexibility index (Phi) is 2.89. The second-order valence-electron chi connectivity index (χ2n) is 8.51. The zero-order valence-corrected chi connectivity index (χ0v) is 13.4. The predicted octanol–water partition coefficient (Wildman–Crippen LogP) is 4.33. The number of allylic oxidation sites excluding steroid dienone is 3. The van der Waals surface area contributed by atoms with Gasteiger partial charge in [0.1, 0.15) is 0 Å². The summed E-state index contributed by atoms with van der Waals surface area (Å²) in [5, 5.41) is 10.3. The zero-order chi connectivity index (χ0) is 14.8. The van der Waals surface area contributed by atoms with Crippen LogP contribution < -0.4 is 5.73 Å². The van der Waals surface area contributed by atoms with Crippen molar-refractivity contribution in [3.63, 3.8) is 0 Å². The smallest absolute Gasteiger partial charge is 0.0944 e. The fraction of sp³-hybridized carbons (Fsp3) is 0.789. The van der Waals surface area contributed by atoms with Crippen molar-refractivity contribution in [3.05, 3.63) is 23.5 Å². The number of hydrogen-bond donors (Lipinski definition) is 2. The molecule has 0 aromatic heterocycles. The molecule has 0 bridgehead atoms. The van der Waals surface area contributed by atoms with E-state index in [0.29, 0.717) is 17.1 Å². The highest BCUT2D eigenvalue weighted by Crippen LogP contribution is 2.64. The Morgan fingerprint density at radius 3 is 2.67 bits per heavy atom. The minimum absolute atomic E-state index is 0.0732. The highest BCUT2D eigenvalue weighted by molar-refractivity contribution is 5.28. The molecule has 4 rings (SSSR count). The lowest BCUT2D eigenvalue weighted by molar-refractivity contribution is -0.0402. The third kappa shape index (κ3) is 1.75. The third-order valence-corrected chi connectivity index (χ3v) is 7.69. The van der Waals surface area contributed by atoms with Crippen LogP contribution in [-0.4, -0.2) is 11.1 Å². The van der Waals surface area contributed by atoms with Crippen LogP contribution in [-0.2, 0) is 0 Å². The Bertz CT molecular complexity index is 522. The fourth-order valence-electron chi connectivity index (χ4n) is 6.30. The van der Waals surface area contributed by atoms with Gasteiger partial charge in [-0.1, -0.05) is 25.5 Å². The average molecular weight is 287 g/mol. The van der Waals surface area contributed by atoms with Crippen molar-refractivity contribution in [1.82, 2.24) is 0 Å². The van der Waals surface area contributed by atoms with Gasteiger partial charge in [0.2, 0.25) is 0 Å². The number of aliphatic hydroxyl groups is 1. The van der Waals surface area contributed by atoms with Crippen LogP contribution in [0.5, 0.6) is 0 Å². The first kappa shape index (κ1) is 13.9. The van der Waals surface area contributed by atoms with Crippen molar-refractivity contribution in [1.29, 1.82) is 0 Å². The first-order chi connectivity index (χ1) is 9.95. The summed E-state index contributed by atoms with van der Waals surface area (Å²) in [5.41, 5.74) is 8.29. The summed E-state index contributed by atoms with van der Waals surface area (Å²) >= 11 is 0. The molecule has 0 spiro atoms. The molecule has 0 unspecified atom stereocenters. The van der Waals surface area contributed by atoms with E-state index in [4.69, 9.17) is 5.73 Å². The van der Waals surface area contributed by atoms with Crippen LogP contribution in [0.15, 0.2) is 23.5 Å². The van der Waals surface area contributed by atoms with Crippen LogP contribution >= 0.6 is 0 Å². The number of fused-ring (bicyclic) bond motifs is 5. The van der Waals surface area contributed by atoms with Gasteiger partial charge in [0.05, 0.1) is 5.76 Å². The van der Waals surface area contributed by atoms with E-state index in [1.807, 2.05) is 0 Å². The number of rotatable bonds is 0. The van der Waals surface area contributed by atoms with Crippen molar-refractivity contribution < 1.29 is 5.11 Å². The minimum atomic E-state index is 0.0732. The van der Waals surface area contributed by atoms with Crippen LogP contribution in [0.3, 0.4) is 0 Å². The van der Waals surface area contributed by atoms with Gasteiger partial charge in [0.15, 0.2) is 0 Å².